The summed E-state index contributed by atoms with van der Waals surface area (Å²) in [5.74, 6) is -1.92. The Balaban J connectivity index is 2.11. The van der Waals surface area contributed by atoms with Gasteiger partial charge in [-0.15, -0.1) is 0 Å². The summed E-state index contributed by atoms with van der Waals surface area (Å²) in [5, 5.41) is 11.3. The molecule has 0 aromatic carbocycles. The van der Waals surface area contributed by atoms with Crippen molar-refractivity contribution in [2.24, 2.45) is 29.2 Å². The number of hydrogen-bond acceptors (Lipinski definition) is 8. The molecule has 8 N–H and O–H groups in total. The van der Waals surface area contributed by atoms with Crippen molar-refractivity contribution in [2.75, 3.05) is 13.1 Å². The molecule has 1 aliphatic rings. The summed E-state index contributed by atoms with van der Waals surface area (Å²) >= 11 is 0. The van der Waals surface area contributed by atoms with Crippen LogP contribution in [0.3, 0.4) is 0 Å². The molecule has 2 rings (SSSR count). The fourth-order valence-electron chi connectivity index (χ4n) is 5.91. The first kappa shape index (κ1) is 38.8. The second kappa shape index (κ2) is 20.7. The molecule has 0 spiro atoms. The molecule has 12 heteroatoms. The standard InChI is InChI=1S/C34H57N7O5/c1-22(2)18-30(41-32(44)27(13-8-15-35)38-31(43)23(3)19-26-12-9-17-37-21-26)34(46)39-28(14-16-36)33(45)40-29(24(4)42)20-25-10-6-5-7-11-25/h9,12,17,21-23,25,27-30H,5-8,10-11,13-16,18-20,35-36H2,1-4H3,(H,38,43)(H,39,46)(H,40,45)(H,41,44)/t23-,27-,28-,29-,30+/m0/s1. The van der Waals surface area contributed by atoms with Crippen molar-refractivity contribution < 1.29 is 24.0 Å². The normalized spacial score (nSPS) is 16.8. The SMILES string of the molecule is CC(=O)[C@H](CC1CCCCC1)NC(=O)[C@H](CCN)NC(=O)[C@@H](CC(C)C)NC(=O)[C@H](CCCN)NC(=O)[C@@H](C)Cc1cccnc1. The fraction of sp³-hybridized carbons (Fsp3) is 0.706. The third-order valence-corrected chi connectivity index (χ3v) is 8.57. The van der Waals surface area contributed by atoms with Crippen LogP contribution in [0.2, 0.25) is 0 Å². The predicted octanol–water partition coefficient (Wildman–Crippen LogP) is 1.89. The Morgan fingerprint density at radius 1 is 0.804 bits per heavy atom. The molecule has 258 valence electrons. The summed E-state index contributed by atoms with van der Waals surface area (Å²) in [6.45, 7) is 7.57. The molecule has 1 aliphatic carbocycles. The van der Waals surface area contributed by atoms with E-state index in [1.54, 1.807) is 25.4 Å². The smallest absolute Gasteiger partial charge is 0.243 e. The lowest BCUT2D eigenvalue weighted by Gasteiger charge is -2.29. The van der Waals surface area contributed by atoms with Gasteiger partial charge in [0.1, 0.15) is 18.1 Å². The highest BCUT2D eigenvalue weighted by Gasteiger charge is 2.32. The summed E-state index contributed by atoms with van der Waals surface area (Å²) in [7, 11) is 0. The van der Waals surface area contributed by atoms with E-state index < -0.39 is 47.8 Å². The number of carbonyl (C=O) groups excluding carboxylic acids is 5. The van der Waals surface area contributed by atoms with Crippen LogP contribution in [-0.4, -0.2) is 71.7 Å². The minimum atomic E-state index is -0.974. The Kier molecular flexibility index (Phi) is 17.4. The van der Waals surface area contributed by atoms with E-state index in [2.05, 4.69) is 26.3 Å². The van der Waals surface area contributed by atoms with E-state index >= 15 is 0 Å². The van der Waals surface area contributed by atoms with Crippen LogP contribution in [0, 0.1) is 17.8 Å². The largest absolute Gasteiger partial charge is 0.345 e. The maximum atomic E-state index is 13.6. The molecule has 1 heterocycles. The number of rotatable bonds is 20. The highest BCUT2D eigenvalue weighted by Crippen LogP contribution is 2.27. The van der Waals surface area contributed by atoms with Gasteiger partial charge in [0, 0.05) is 18.3 Å². The first-order valence-electron chi connectivity index (χ1n) is 17.0. The van der Waals surface area contributed by atoms with Crippen LogP contribution < -0.4 is 32.7 Å². The molecule has 4 amide bonds. The number of pyridine rings is 1. The van der Waals surface area contributed by atoms with E-state index in [9.17, 15) is 24.0 Å². The Bertz CT molecular complexity index is 1110. The summed E-state index contributed by atoms with van der Waals surface area (Å²) in [6, 6.07) is 0.230. The molecule has 0 bridgehead atoms. The average Bonchev–Trinajstić information content (AvgIpc) is 3.02. The first-order valence-corrected chi connectivity index (χ1v) is 17.0. The molecule has 46 heavy (non-hydrogen) atoms. The molecule has 0 saturated heterocycles. The molecule has 1 saturated carbocycles. The topological polar surface area (TPSA) is 198 Å². The van der Waals surface area contributed by atoms with E-state index in [0.717, 1.165) is 31.2 Å². The number of Topliss-reactive ketones (excluding diaryl/α,β-unsaturated/α-hetero) is 1. The van der Waals surface area contributed by atoms with Gasteiger partial charge in [-0.25, -0.2) is 0 Å². The Morgan fingerprint density at radius 3 is 1.96 bits per heavy atom. The fourth-order valence-corrected chi connectivity index (χ4v) is 5.91. The maximum absolute atomic E-state index is 13.6. The number of hydrogen-bond donors (Lipinski definition) is 6. The molecule has 5 atom stereocenters. The number of aromatic nitrogens is 1. The van der Waals surface area contributed by atoms with Gasteiger partial charge in [-0.1, -0.05) is 58.9 Å². The number of nitrogens with zero attached hydrogens (tertiary/aromatic N) is 1. The van der Waals surface area contributed by atoms with Crippen molar-refractivity contribution >= 4 is 29.4 Å². The zero-order valence-corrected chi connectivity index (χ0v) is 28.2. The number of nitrogens with two attached hydrogens (primary N) is 2. The highest BCUT2D eigenvalue weighted by molar-refractivity contribution is 5.95. The van der Waals surface area contributed by atoms with Crippen LogP contribution in [-0.2, 0) is 30.4 Å². The van der Waals surface area contributed by atoms with Crippen LogP contribution in [0.4, 0.5) is 0 Å². The Labute approximate surface area is 274 Å². The van der Waals surface area contributed by atoms with Crippen molar-refractivity contribution in [3.05, 3.63) is 30.1 Å². The van der Waals surface area contributed by atoms with Crippen LogP contribution >= 0.6 is 0 Å². The summed E-state index contributed by atoms with van der Waals surface area (Å²) in [4.78, 5) is 70.1. The van der Waals surface area contributed by atoms with Gasteiger partial charge in [-0.05, 0) is 82.0 Å². The van der Waals surface area contributed by atoms with Crippen molar-refractivity contribution in [1.82, 2.24) is 26.3 Å². The van der Waals surface area contributed by atoms with E-state index in [1.807, 2.05) is 19.9 Å². The summed E-state index contributed by atoms with van der Waals surface area (Å²) in [5.41, 5.74) is 12.4. The van der Waals surface area contributed by atoms with Crippen molar-refractivity contribution in [3.63, 3.8) is 0 Å². The van der Waals surface area contributed by atoms with Gasteiger partial charge < -0.3 is 32.7 Å². The van der Waals surface area contributed by atoms with E-state index in [4.69, 9.17) is 11.5 Å². The molecule has 1 fully saturated rings. The number of nitrogens with one attached hydrogen (secondary N) is 4. The zero-order valence-electron chi connectivity index (χ0n) is 28.2. The minimum Gasteiger partial charge on any atom is -0.345 e. The third-order valence-electron chi connectivity index (χ3n) is 8.57. The lowest BCUT2D eigenvalue weighted by atomic mass is 9.84. The van der Waals surface area contributed by atoms with Gasteiger partial charge in [0.05, 0.1) is 6.04 Å². The van der Waals surface area contributed by atoms with E-state index in [-0.39, 0.29) is 30.6 Å². The van der Waals surface area contributed by atoms with E-state index in [1.165, 1.54) is 13.3 Å². The number of amides is 4. The molecule has 1 aromatic rings. The second-order valence-electron chi connectivity index (χ2n) is 13.2. The molecule has 0 radical (unpaired) electrons. The molecule has 12 nitrogen and oxygen atoms in total. The van der Waals surface area contributed by atoms with Crippen LogP contribution in [0.5, 0.6) is 0 Å². The number of ketones is 1. The quantitative estimate of drug-likeness (QED) is 0.124. The lowest BCUT2D eigenvalue weighted by Crippen LogP contribution is -2.58. The lowest BCUT2D eigenvalue weighted by molar-refractivity contribution is -0.135. The van der Waals surface area contributed by atoms with E-state index in [0.29, 0.717) is 44.6 Å². The van der Waals surface area contributed by atoms with Crippen molar-refractivity contribution in [3.8, 4) is 0 Å². The van der Waals surface area contributed by atoms with Gasteiger partial charge >= 0.3 is 0 Å². The molecule has 1 aromatic heterocycles. The molecule has 0 unspecified atom stereocenters. The highest BCUT2D eigenvalue weighted by atomic mass is 16.2. The maximum Gasteiger partial charge on any atom is 0.243 e. The van der Waals surface area contributed by atoms with Crippen molar-refractivity contribution in [2.45, 2.75) is 122 Å². The van der Waals surface area contributed by atoms with Crippen LogP contribution in [0.25, 0.3) is 0 Å². The van der Waals surface area contributed by atoms with Crippen LogP contribution in [0.15, 0.2) is 24.5 Å². The average molecular weight is 644 g/mol. The minimum absolute atomic E-state index is 0.0343. The molecular weight excluding hydrogens is 586 g/mol. The monoisotopic (exact) mass is 643 g/mol. The zero-order chi connectivity index (χ0) is 34.1. The predicted molar refractivity (Wildman–Crippen MR) is 178 cm³/mol. The van der Waals surface area contributed by atoms with Crippen LogP contribution in [0.1, 0.15) is 97.5 Å². The summed E-state index contributed by atoms with van der Waals surface area (Å²) < 4.78 is 0. The van der Waals surface area contributed by atoms with Gasteiger partial charge in [0.25, 0.3) is 0 Å². The Hall–Kier alpha value is -3.38. The first-order chi connectivity index (χ1) is 21.9. The summed E-state index contributed by atoms with van der Waals surface area (Å²) in [6.07, 6.45) is 11.2. The van der Waals surface area contributed by atoms with Gasteiger partial charge in [0.2, 0.25) is 23.6 Å². The third kappa shape index (κ3) is 13.9. The van der Waals surface area contributed by atoms with Gasteiger partial charge in [-0.2, -0.15) is 0 Å². The van der Waals surface area contributed by atoms with Crippen molar-refractivity contribution in [1.29, 1.82) is 0 Å². The second-order valence-corrected chi connectivity index (χ2v) is 13.2. The Morgan fingerprint density at radius 2 is 1.39 bits per heavy atom. The number of carbonyl (C=O) groups is 5. The molecule has 0 aliphatic heterocycles. The van der Waals surface area contributed by atoms with Gasteiger partial charge in [0.15, 0.2) is 5.78 Å². The molecular formula is C34H57N7O5. The van der Waals surface area contributed by atoms with Gasteiger partial charge in [-0.3, -0.25) is 29.0 Å².